The molecule has 4 nitrogen and oxygen atoms in total. The van der Waals surface area contributed by atoms with Gasteiger partial charge in [0.15, 0.2) is 5.78 Å². The number of rotatable bonds is 6. The number of ketones is 1. The molecule has 14 heteroatoms. The van der Waals surface area contributed by atoms with Gasteiger partial charge in [-0.05, 0) is 42.5 Å². The van der Waals surface area contributed by atoms with Crippen LogP contribution in [0.2, 0.25) is 5.02 Å². The van der Waals surface area contributed by atoms with Crippen molar-refractivity contribution in [2.45, 2.75) is 31.1 Å². The summed E-state index contributed by atoms with van der Waals surface area (Å²) in [4.78, 5) is 16.8. The van der Waals surface area contributed by atoms with E-state index in [1.165, 1.54) is 30.3 Å². The number of nitrogens with zero attached hydrogens (tertiary/aromatic N) is 2. The summed E-state index contributed by atoms with van der Waals surface area (Å²) in [5, 5.41) is 8.24. The summed E-state index contributed by atoms with van der Waals surface area (Å²) in [5.41, 5.74) is -8.43. The first kappa shape index (κ1) is 27.1. The van der Waals surface area contributed by atoms with E-state index in [0.29, 0.717) is 10.9 Å². The molecular formula is C22H10ClF9N2O2. The number of fused-ring (bicyclic) bond motifs is 1. The van der Waals surface area contributed by atoms with Crippen molar-refractivity contribution in [3.63, 3.8) is 0 Å². The van der Waals surface area contributed by atoms with Gasteiger partial charge in [0.25, 0.3) is 0 Å². The van der Waals surface area contributed by atoms with Crippen LogP contribution in [0.1, 0.15) is 27.2 Å². The topological polar surface area (TPSA) is 63.0 Å². The minimum atomic E-state index is -6.53. The van der Waals surface area contributed by atoms with E-state index in [0.717, 1.165) is 0 Å². The van der Waals surface area contributed by atoms with Crippen LogP contribution in [0.25, 0.3) is 10.9 Å². The van der Waals surface area contributed by atoms with Crippen LogP contribution in [0.15, 0.2) is 42.5 Å². The van der Waals surface area contributed by atoms with Crippen LogP contribution in [-0.2, 0) is 12.1 Å². The van der Waals surface area contributed by atoms with Gasteiger partial charge in [0.2, 0.25) is 0 Å². The van der Waals surface area contributed by atoms with Gasteiger partial charge in [-0.1, -0.05) is 11.6 Å². The lowest BCUT2D eigenvalue weighted by Gasteiger charge is -2.31. The molecule has 36 heavy (non-hydrogen) atoms. The summed E-state index contributed by atoms with van der Waals surface area (Å²) >= 11 is 5.77. The van der Waals surface area contributed by atoms with E-state index < -0.39 is 58.7 Å². The standard InChI is InChI=1S/C22H10ClF9N2O2/c23-15-6-12(20(26,21(27,28)29)22(30,31)32)7-18(36-19(24)25)14(15)8-17(35)11-2-4-16-10(5-11)1-3-13(9-33)34-16/h1-7,19H,8H2. The molecule has 0 saturated carbocycles. The van der Waals surface area contributed by atoms with Crippen molar-refractivity contribution in [2.24, 2.45) is 0 Å². The smallest absolute Gasteiger partial charge is 0.434 e. The highest BCUT2D eigenvalue weighted by Crippen LogP contribution is 2.54. The van der Waals surface area contributed by atoms with E-state index in [1.807, 2.05) is 6.07 Å². The predicted octanol–water partition coefficient (Wildman–Crippen LogP) is 7.08. The fraction of sp³-hybridized carbons (Fsp3) is 0.227. The Morgan fingerprint density at radius 1 is 1.00 bits per heavy atom. The molecule has 0 spiro atoms. The Hall–Kier alpha value is -3.53. The normalized spacial score (nSPS) is 12.6. The number of nitriles is 1. The molecular weight excluding hydrogens is 531 g/mol. The van der Waals surface area contributed by atoms with Gasteiger partial charge in [0.1, 0.15) is 17.5 Å². The van der Waals surface area contributed by atoms with Crippen LogP contribution in [0.5, 0.6) is 5.75 Å². The molecule has 1 heterocycles. The van der Waals surface area contributed by atoms with E-state index in [9.17, 15) is 44.3 Å². The average Bonchev–Trinajstić information content (AvgIpc) is 2.77. The van der Waals surface area contributed by atoms with Gasteiger partial charge < -0.3 is 4.74 Å². The number of hydrogen-bond acceptors (Lipinski definition) is 4. The van der Waals surface area contributed by atoms with E-state index in [2.05, 4.69) is 9.72 Å². The number of hydrogen-bond donors (Lipinski definition) is 0. The summed E-state index contributed by atoms with van der Waals surface area (Å²) < 4.78 is 123. The Morgan fingerprint density at radius 3 is 2.19 bits per heavy atom. The highest BCUT2D eigenvalue weighted by Gasteiger charge is 2.73. The number of alkyl halides is 9. The van der Waals surface area contributed by atoms with Crippen molar-refractivity contribution in [1.29, 1.82) is 5.26 Å². The molecule has 0 aliphatic carbocycles. The molecule has 0 N–H and O–H groups in total. The number of carbonyl (C=O) groups excluding carboxylic acids is 1. The van der Waals surface area contributed by atoms with Crippen molar-refractivity contribution in [1.82, 2.24) is 4.98 Å². The van der Waals surface area contributed by atoms with Crippen molar-refractivity contribution >= 4 is 28.3 Å². The fourth-order valence-electron chi connectivity index (χ4n) is 3.29. The first-order valence-corrected chi connectivity index (χ1v) is 9.90. The Morgan fingerprint density at radius 2 is 1.64 bits per heavy atom. The van der Waals surface area contributed by atoms with Gasteiger partial charge in [0, 0.05) is 33.5 Å². The Kier molecular flexibility index (Phi) is 7.14. The summed E-state index contributed by atoms with van der Waals surface area (Å²) in [6.07, 6.45) is -14.0. The molecule has 0 amide bonds. The highest BCUT2D eigenvalue weighted by atomic mass is 35.5. The van der Waals surface area contributed by atoms with Gasteiger partial charge in [-0.2, -0.15) is 40.4 Å². The number of pyridine rings is 1. The first-order valence-electron chi connectivity index (χ1n) is 9.52. The van der Waals surface area contributed by atoms with Crippen LogP contribution in [0, 0.1) is 11.3 Å². The third-order valence-electron chi connectivity index (χ3n) is 5.01. The van der Waals surface area contributed by atoms with E-state index in [1.54, 1.807) is 0 Å². The van der Waals surface area contributed by atoms with Crippen LogP contribution in [-0.4, -0.2) is 29.7 Å². The second-order valence-corrected chi connectivity index (χ2v) is 7.69. The molecule has 2 aromatic carbocycles. The summed E-state index contributed by atoms with van der Waals surface area (Å²) in [7, 11) is 0. The van der Waals surface area contributed by atoms with E-state index in [-0.39, 0.29) is 23.4 Å². The third kappa shape index (κ3) is 5.04. The zero-order valence-electron chi connectivity index (χ0n) is 17.3. The SMILES string of the molecule is N#Cc1ccc2cc(C(=O)Cc3c(Cl)cc(C(F)(C(F)(F)F)C(F)(F)F)cc3OC(F)F)ccc2n1. The molecule has 0 saturated heterocycles. The Labute approximate surface area is 200 Å². The minimum Gasteiger partial charge on any atom is -0.434 e. The lowest BCUT2D eigenvalue weighted by atomic mass is 9.91. The molecule has 0 aliphatic heterocycles. The molecule has 0 aliphatic rings. The highest BCUT2D eigenvalue weighted by molar-refractivity contribution is 6.32. The minimum absolute atomic E-state index is 0.0444. The first-order chi connectivity index (χ1) is 16.6. The molecule has 0 bridgehead atoms. The molecule has 0 atom stereocenters. The summed E-state index contributed by atoms with van der Waals surface area (Å²) in [6.45, 7) is -3.75. The van der Waals surface area contributed by atoms with Gasteiger partial charge in [0.05, 0.1) is 5.52 Å². The molecule has 190 valence electrons. The maximum atomic E-state index is 14.5. The monoisotopic (exact) mass is 540 g/mol. The predicted molar refractivity (Wildman–Crippen MR) is 107 cm³/mol. The lowest BCUT2D eigenvalue weighted by molar-refractivity contribution is -0.348. The number of benzene rings is 2. The van der Waals surface area contributed by atoms with Gasteiger partial charge >= 0.3 is 24.6 Å². The summed E-state index contributed by atoms with van der Waals surface area (Å²) in [5.74, 6) is -2.18. The van der Waals surface area contributed by atoms with Crippen LogP contribution < -0.4 is 4.74 Å². The number of ether oxygens (including phenoxy) is 1. The molecule has 0 fully saturated rings. The molecule has 0 radical (unpaired) electrons. The van der Waals surface area contributed by atoms with Gasteiger partial charge in [-0.15, -0.1) is 0 Å². The summed E-state index contributed by atoms with van der Waals surface area (Å²) in [6, 6.07) is 8.28. The molecule has 0 unspecified atom stereocenters. The Bertz CT molecular complexity index is 1350. The molecule has 3 rings (SSSR count). The quantitative estimate of drug-likeness (QED) is 0.248. The van der Waals surface area contributed by atoms with Crippen LogP contribution in [0.3, 0.4) is 0 Å². The maximum Gasteiger partial charge on any atom is 0.435 e. The van der Waals surface area contributed by atoms with Crippen LogP contribution >= 0.6 is 11.6 Å². The molecule has 1 aromatic heterocycles. The zero-order valence-corrected chi connectivity index (χ0v) is 18.1. The second kappa shape index (κ2) is 9.50. The van der Waals surface area contributed by atoms with Crippen molar-refractivity contribution < 1.29 is 49.0 Å². The van der Waals surface area contributed by atoms with E-state index >= 15 is 0 Å². The maximum absolute atomic E-state index is 14.5. The second-order valence-electron chi connectivity index (χ2n) is 7.28. The van der Waals surface area contributed by atoms with Gasteiger partial charge in [-0.3, -0.25) is 4.79 Å². The van der Waals surface area contributed by atoms with Crippen molar-refractivity contribution in [2.75, 3.05) is 0 Å². The largest absolute Gasteiger partial charge is 0.435 e. The average molecular weight is 541 g/mol. The fourth-order valence-corrected chi connectivity index (χ4v) is 3.57. The zero-order chi connectivity index (χ0) is 27.1. The molecule has 3 aromatic rings. The number of halogens is 10. The van der Waals surface area contributed by atoms with Crippen molar-refractivity contribution in [3.8, 4) is 11.8 Å². The van der Waals surface area contributed by atoms with Gasteiger partial charge in [-0.25, -0.2) is 9.37 Å². The van der Waals surface area contributed by atoms with Crippen molar-refractivity contribution in [3.05, 3.63) is 69.9 Å². The Balaban J connectivity index is 2.08. The lowest BCUT2D eigenvalue weighted by Crippen LogP contribution is -2.50. The third-order valence-corrected chi connectivity index (χ3v) is 5.35. The van der Waals surface area contributed by atoms with E-state index in [4.69, 9.17) is 16.9 Å². The number of aromatic nitrogens is 1. The number of carbonyl (C=O) groups is 1. The van der Waals surface area contributed by atoms with Crippen LogP contribution in [0.4, 0.5) is 39.5 Å². The number of Topliss-reactive ketones (excluding diaryl/α,β-unsaturated/α-hetero) is 1.